The van der Waals surface area contributed by atoms with E-state index < -0.39 is 11.9 Å². The van der Waals surface area contributed by atoms with Gasteiger partial charge in [0.05, 0.1) is 12.2 Å². The van der Waals surface area contributed by atoms with Gasteiger partial charge >= 0.3 is 5.97 Å². The molecule has 0 saturated heterocycles. The molecule has 110 valence electrons. The molecule has 0 aliphatic heterocycles. The van der Waals surface area contributed by atoms with Crippen molar-refractivity contribution in [1.29, 1.82) is 0 Å². The molecule has 21 heavy (non-hydrogen) atoms. The van der Waals surface area contributed by atoms with E-state index in [0.717, 1.165) is 11.1 Å². The fourth-order valence-electron chi connectivity index (χ4n) is 2.07. The first-order valence-electron chi connectivity index (χ1n) is 6.53. The average Bonchev–Trinajstić information content (AvgIpc) is 2.81. The minimum Gasteiger partial charge on any atom is -0.478 e. The number of nitrogens with zero attached hydrogens (tertiary/aromatic N) is 2. The molecule has 0 fully saturated rings. The maximum atomic E-state index is 12.3. The summed E-state index contributed by atoms with van der Waals surface area (Å²) in [7, 11) is 1.54. The second kappa shape index (κ2) is 5.78. The molecule has 0 spiro atoms. The number of rotatable bonds is 4. The molecular formula is C15H17N3O3. The Morgan fingerprint density at radius 2 is 1.90 bits per heavy atom. The Kier molecular flexibility index (Phi) is 4.07. The lowest BCUT2D eigenvalue weighted by Gasteiger charge is -2.15. The molecular weight excluding hydrogens is 270 g/mol. The van der Waals surface area contributed by atoms with E-state index in [1.165, 1.54) is 17.9 Å². The highest BCUT2D eigenvalue weighted by Crippen LogP contribution is 2.15. The van der Waals surface area contributed by atoms with Crippen molar-refractivity contribution in [1.82, 2.24) is 15.1 Å². The predicted octanol–water partition coefficient (Wildman–Crippen LogP) is 1.92. The monoisotopic (exact) mass is 287 g/mol. The van der Waals surface area contributed by atoms with Gasteiger partial charge in [0.15, 0.2) is 0 Å². The number of carboxylic acid groups (broad SMARTS) is 1. The second-order valence-electron chi connectivity index (χ2n) is 4.94. The maximum Gasteiger partial charge on any atom is 0.339 e. The van der Waals surface area contributed by atoms with Crippen LogP contribution in [0.4, 0.5) is 0 Å². The van der Waals surface area contributed by atoms with Crippen LogP contribution in [0.3, 0.4) is 0 Å². The predicted molar refractivity (Wildman–Crippen MR) is 77.2 cm³/mol. The largest absolute Gasteiger partial charge is 0.478 e. The summed E-state index contributed by atoms with van der Waals surface area (Å²) in [5.74, 6) is -1.63. The van der Waals surface area contributed by atoms with E-state index in [2.05, 4.69) is 10.4 Å². The maximum absolute atomic E-state index is 12.3. The molecule has 6 nitrogen and oxygen atoms in total. The van der Waals surface area contributed by atoms with Crippen molar-refractivity contribution < 1.29 is 14.7 Å². The van der Waals surface area contributed by atoms with Crippen LogP contribution < -0.4 is 5.32 Å². The number of carbonyl (C=O) groups is 2. The number of hydrogen-bond acceptors (Lipinski definition) is 3. The molecule has 1 atom stereocenters. The van der Waals surface area contributed by atoms with Gasteiger partial charge in [0, 0.05) is 7.05 Å². The van der Waals surface area contributed by atoms with Crippen LogP contribution in [-0.2, 0) is 7.05 Å². The first-order valence-corrected chi connectivity index (χ1v) is 6.53. The molecule has 0 aliphatic carbocycles. The third-order valence-electron chi connectivity index (χ3n) is 3.31. The van der Waals surface area contributed by atoms with E-state index in [1.54, 1.807) is 0 Å². The summed E-state index contributed by atoms with van der Waals surface area (Å²) in [6, 6.07) is 7.56. The number of aromatic nitrogens is 2. The van der Waals surface area contributed by atoms with E-state index in [1.807, 2.05) is 38.1 Å². The van der Waals surface area contributed by atoms with Gasteiger partial charge in [0.2, 0.25) is 0 Å². The molecule has 2 N–H and O–H groups in total. The van der Waals surface area contributed by atoms with Crippen LogP contribution in [0.1, 0.15) is 44.9 Å². The van der Waals surface area contributed by atoms with Gasteiger partial charge in [-0.05, 0) is 19.4 Å². The van der Waals surface area contributed by atoms with Crippen molar-refractivity contribution in [3.8, 4) is 0 Å². The van der Waals surface area contributed by atoms with Gasteiger partial charge in [0.1, 0.15) is 11.3 Å². The van der Waals surface area contributed by atoms with Crippen LogP contribution in [0.25, 0.3) is 0 Å². The summed E-state index contributed by atoms with van der Waals surface area (Å²) in [5, 5.41) is 15.7. The number of carbonyl (C=O) groups excluding carboxylic acids is 1. The number of nitrogens with one attached hydrogen (secondary N) is 1. The molecule has 1 amide bonds. The Bertz CT molecular complexity index is 674. The molecule has 2 rings (SSSR count). The van der Waals surface area contributed by atoms with Crippen LogP contribution in [0.2, 0.25) is 0 Å². The topological polar surface area (TPSA) is 84.2 Å². The summed E-state index contributed by atoms with van der Waals surface area (Å²) in [5.41, 5.74) is 2.03. The SMILES string of the molecule is Cc1ccc(C(C)NC(=O)c2c(C(=O)O)cnn2C)cc1. The van der Waals surface area contributed by atoms with E-state index in [0.29, 0.717) is 0 Å². The zero-order chi connectivity index (χ0) is 15.6. The molecule has 1 unspecified atom stereocenters. The Hall–Kier alpha value is -2.63. The number of hydrogen-bond donors (Lipinski definition) is 2. The van der Waals surface area contributed by atoms with E-state index in [-0.39, 0.29) is 17.3 Å². The lowest BCUT2D eigenvalue weighted by Crippen LogP contribution is -2.29. The highest BCUT2D eigenvalue weighted by atomic mass is 16.4. The molecule has 0 radical (unpaired) electrons. The Morgan fingerprint density at radius 3 is 2.48 bits per heavy atom. The molecule has 2 aromatic rings. The number of aromatic carboxylic acids is 1. The van der Waals surface area contributed by atoms with Crippen LogP contribution in [0.15, 0.2) is 30.5 Å². The van der Waals surface area contributed by atoms with Crippen molar-refractivity contribution in [2.24, 2.45) is 7.05 Å². The Balaban J connectivity index is 2.20. The van der Waals surface area contributed by atoms with E-state index in [9.17, 15) is 9.59 Å². The molecule has 0 bridgehead atoms. The zero-order valence-corrected chi connectivity index (χ0v) is 12.1. The van der Waals surface area contributed by atoms with Gasteiger partial charge in [-0.1, -0.05) is 29.8 Å². The lowest BCUT2D eigenvalue weighted by atomic mass is 10.1. The van der Waals surface area contributed by atoms with Crippen LogP contribution in [-0.4, -0.2) is 26.8 Å². The van der Waals surface area contributed by atoms with Crippen molar-refractivity contribution in [3.05, 3.63) is 52.8 Å². The van der Waals surface area contributed by atoms with E-state index in [4.69, 9.17) is 5.11 Å². The Morgan fingerprint density at radius 1 is 1.29 bits per heavy atom. The summed E-state index contributed by atoms with van der Waals surface area (Å²) in [6.45, 7) is 3.83. The van der Waals surface area contributed by atoms with Gasteiger partial charge in [-0.2, -0.15) is 5.10 Å². The fourth-order valence-corrected chi connectivity index (χ4v) is 2.07. The van der Waals surface area contributed by atoms with Gasteiger partial charge in [-0.25, -0.2) is 4.79 Å². The Labute approximate surface area is 122 Å². The second-order valence-corrected chi connectivity index (χ2v) is 4.94. The lowest BCUT2D eigenvalue weighted by molar-refractivity contribution is 0.0690. The summed E-state index contributed by atoms with van der Waals surface area (Å²) in [6.07, 6.45) is 1.17. The smallest absolute Gasteiger partial charge is 0.339 e. The third kappa shape index (κ3) is 3.10. The van der Waals surface area contributed by atoms with Gasteiger partial charge in [-0.3, -0.25) is 9.48 Å². The summed E-state index contributed by atoms with van der Waals surface area (Å²) >= 11 is 0. The average molecular weight is 287 g/mol. The van der Waals surface area contributed by atoms with Crippen molar-refractivity contribution >= 4 is 11.9 Å². The van der Waals surface area contributed by atoms with Crippen LogP contribution in [0.5, 0.6) is 0 Å². The fraction of sp³-hybridized carbons (Fsp3) is 0.267. The quantitative estimate of drug-likeness (QED) is 0.899. The van der Waals surface area contributed by atoms with Gasteiger partial charge in [0.25, 0.3) is 5.91 Å². The van der Waals surface area contributed by atoms with Crippen molar-refractivity contribution in [2.75, 3.05) is 0 Å². The number of carboxylic acids is 1. The number of amides is 1. The van der Waals surface area contributed by atoms with Crippen LogP contribution >= 0.6 is 0 Å². The molecule has 1 aromatic carbocycles. The zero-order valence-electron chi connectivity index (χ0n) is 12.1. The number of benzene rings is 1. The first kappa shape index (κ1) is 14.8. The van der Waals surface area contributed by atoms with Crippen molar-refractivity contribution in [2.45, 2.75) is 19.9 Å². The minimum absolute atomic E-state index is 0.0430. The number of aryl methyl sites for hydroxylation is 2. The minimum atomic E-state index is -1.17. The molecule has 1 heterocycles. The third-order valence-corrected chi connectivity index (χ3v) is 3.31. The highest BCUT2D eigenvalue weighted by Gasteiger charge is 2.22. The molecule has 1 aromatic heterocycles. The molecule has 6 heteroatoms. The normalized spacial score (nSPS) is 12.0. The van der Waals surface area contributed by atoms with Gasteiger partial charge in [-0.15, -0.1) is 0 Å². The van der Waals surface area contributed by atoms with Crippen LogP contribution in [0, 0.1) is 6.92 Å². The first-order chi connectivity index (χ1) is 9.90. The summed E-state index contributed by atoms with van der Waals surface area (Å²) < 4.78 is 1.26. The highest BCUT2D eigenvalue weighted by molar-refractivity contribution is 6.03. The summed E-state index contributed by atoms with van der Waals surface area (Å²) in [4.78, 5) is 23.4. The molecule has 0 aliphatic rings. The van der Waals surface area contributed by atoms with Crippen molar-refractivity contribution in [3.63, 3.8) is 0 Å². The van der Waals surface area contributed by atoms with E-state index >= 15 is 0 Å². The standard InChI is InChI=1S/C15H17N3O3/c1-9-4-6-11(7-5-9)10(2)17-14(19)13-12(15(20)21)8-16-18(13)3/h4-8,10H,1-3H3,(H,17,19)(H,20,21). The molecule has 0 saturated carbocycles. The van der Waals surface area contributed by atoms with Gasteiger partial charge < -0.3 is 10.4 Å².